The number of unbranched alkanes of at least 4 members (excludes halogenated alkanes) is 1. The van der Waals surface area contributed by atoms with Crippen molar-refractivity contribution < 1.29 is 9.53 Å². The van der Waals surface area contributed by atoms with Crippen molar-refractivity contribution in [3.8, 4) is 11.4 Å². The molecule has 0 bridgehead atoms. The molecule has 1 aromatic heterocycles. The first-order chi connectivity index (χ1) is 13.7. The predicted molar refractivity (Wildman–Crippen MR) is 112 cm³/mol. The maximum atomic E-state index is 11.6. The number of aromatic nitrogens is 2. The highest BCUT2D eigenvalue weighted by molar-refractivity contribution is 5.89. The summed E-state index contributed by atoms with van der Waals surface area (Å²) in [7, 11) is 1.37. The van der Waals surface area contributed by atoms with Gasteiger partial charge in [0.15, 0.2) is 5.82 Å². The van der Waals surface area contributed by atoms with Crippen LogP contribution in [0, 0.1) is 0 Å². The Morgan fingerprint density at radius 2 is 1.71 bits per heavy atom. The Balaban J connectivity index is 1.86. The molecule has 6 heteroatoms. The second kappa shape index (κ2) is 9.50. The average molecular weight is 376 g/mol. The van der Waals surface area contributed by atoms with E-state index in [0.29, 0.717) is 17.2 Å². The molecule has 0 fully saturated rings. The van der Waals surface area contributed by atoms with Crippen LogP contribution in [0.4, 0.5) is 17.3 Å². The molecule has 0 radical (unpaired) electrons. The largest absolute Gasteiger partial charge is 0.465 e. The summed E-state index contributed by atoms with van der Waals surface area (Å²) in [5, 5.41) is 6.65. The van der Waals surface area contributed by atoms with Gasteiger partial charge in [-0.05, 0) is 30.7 Å². The Morgan fingerprint density at radius 3 is 2.39 bits per heavy atom. The lowest BCUT2D eigenvalue weighted by Crippen LogP contribution is -2.06. The van der Waals surface area contributed by atoms with Crippen molar-refractivity contribution in [1.29, 1.82) is 0 Å². The topological polar surface area (TPSA) is 76.1 Å². The number of hydrogen-bond donors (Lipinski definition) is 2. The number of benzene rings is 2. The molecule has 6 nitrogen and oxygen atoms in total. The van der Waals surface area contributed by atoms with Gasteiger partial charge in [-0.3, -0.25) is 0 Å². The average Bonchev–Trinajstić information content (AvgIpc) is 2.74. The molecule has 144 valence electrons. The van der Waals surface area contributed by atoms with Crippen LogP contribution in [0.5, 0.6) is 0 Å². The standard InChI is InChI=1S/C22H24N4O2/c1-3-4-14-23-19-15-20(26-21(25-19)16-8-6-5-7-9-16)24-18-12-10-17(11-13-18)22(27)28-2/h5-13,15H,3-4,14H2,1-2H3,(H2,23,24,25,26). The number of hydrogen-bond acceptors (Lipinski definition) is 6. The van der Waals surface area contributed by atoms with Crippen molar-refractivity contribution in [2.24, 2.45) is 0 Å². The van der Waals surface area contributed by atoms with E-state index in [4.69, 9.17) is 4.74 Å². The Bertz CT molecular complexity index is 912. The van der Waals surface area contributed by atoms with Gasteiger partial charge in [-0.15, -0.1) is 0 Å². The number of esters is 1. The highest BCUT2D eigenvalue weighted by Crippen LogP contribution is 2.23. The number of rotatable bonds is 8. The summed E-state index contributed by atoms with van der Waals surface area (Å²) in [5.74, 6) is 1.74. The number of carbonyl (C=O) groups is 1. The number of carbonyl (C=O) groups excluding carboxylic acids is 1. The van der Waals surface area contributed by atoms with Crippen LogP contribution in [0.3, 0.4) is 0 Å². The number of nitrogens with zero attached hydrogens (tertiary/aromatic N) is 2. The van der Waals surface area contributed by atoms with E-state index in [1.54, 1.807) is 12.1 Å². The van der Waals surface area contributed by atoms with E-state index in [0.717, 1.165) is 36.5 Å². The van der Waals surface area contributed by atoms with Crippen molar-refractivity contribution in [1.82, 2.24) is 9.97 Å². The monoisotopic (exact) mass is 376 g/mol. The van der Waals surface area contributed by atoms with Crippen LogP contribution in [0.2, 0.25) is 0 Å². The number of methoxy groups -OCH3 is 1. The summed E-state index contributed by atoms with van der Waals surface area (Å²) < 4.78 is 4.73. The molecule has 0 aliphatic rings. The van der Waals surface area contributed by atoms with Crippen molar-refractivity contribution in [2.75, 3.05) is 24.3 Å². The number of nitrogens with one attached hydrogen (secondary N) is 2. The quantitative estimate of drug-likeness (QED) is 0.431. The van der Waals surface area contributed by atoms with Crippen LogP contribution < -0.4 is 10.6 Å². The van der Waals surface area contributed by atoms with Crippen LogP contribution >= 0.6 is 0 Å². The lowest BCUT2D eigenvalue weighted by molar-refractivity contribution is 0.0601. The third-order valence-corrected chi connectivity index (χ3v) is 4.17. The molecule has 0 saturated heterocycles. The summed E-state index contributed by atoms with van der Waals surface area (Å²) in [5.41, 5.74) is 2.28. The zero-order valence-corrected chi connectivity index (χ0v) is 16.1. The lowest BCUT2D eigenvalue weighted by Gasteiger charge is -2.12. The molecule has 0 amide bonds. The molecule has 0 aliphatic carbocycles. The molecular formula is C22H24N4O2. The van der Waals surface area contributed by atoms with Crippen molar-refractivity contribution >= 4 is 23.3 Å². The first-order valence-electron chi connectivity index (χ1n) is 9.33. The van der Waals surface area contributed by atoms with Gasteiger partial charge in [0, 0.05) is 23.9 Å². The van der Waals surface area contributed by atoms with Crippen LogP contribution in [0.15, 0.2) is 60.7 Å². The molecule has 0 spiro atoms. The van der Waals surface area contributed by atoms with Gasteiger partial charge in [0.05, 0.1) is 12.7 Å². The molecule has 3 aromatic rings. The Morgan fingerprint density at radius 1 is 1.00 bits per heavy atom. The molecule has 0 saturated carbocycles. The van der Waals surface area contributed by atoms with Gasteiger partial charge < -0.3 is 15.4 Å². The maximum Gasteiger partial charge on any atom is 0.337 e. The van der Waals surface area contributed by atoms with E-state index in [9.17, 15) is 4.79 Å². The third-order valence-electron chi connectivity index (χ3n) is 4.17. The molecule has 2 aromatic carbocycles. The van der Waals surface area contributed by atoms with Crippen molar-refractivity contribution in [3.63, 3.8) is 0 Å². The SMILES string of the molecule is CCCCNc1cc(Nc2ccc(C(=O)OC)cc2)nc(-c2ccccc2)n1. The molecule has 0 aliphatic heterocycles. The summed E-state index contributed by atoms with van der Waals surface area (Å²) in [6.07, 6.45) is 2.18. The Hall–Kier alpha value is -3.41. The van der Waals surface area contributed by atoms with Gasteiger partial charge in [0.2, 0.25) is 0 Å². The Labute approximate surface area is 165 Å². The second-order valence-corrected chi connectivity index (χ2v) is 6.30. The van der Waals surface area contributed by atoms with Gasteiger partial charge in [-0.25, -0.2) is 14.8 Å². The lowest BCUT2D eigenvalue weighted by atomic mass is 10.2. The van der Waals surface area contributed by atoms with Crippen LogP contribution in [0.1, 0.15) is 30.1 Å². The first kappa shape index (κ1) is 19.4. The molecule has 0 atom stereocenters. The molecule has 2 N–H and O–H groups in total. The minimum atomic E-state index is -0.359. The molecule has 28 heavy (non-hydrogen) atoms. The van der Waals surface area contributed by atoms with Gasteiger partial charge in [-0.2, -0.15) is 0 Å². The second-order valence-electron chi connectivity index (χ2n) is 6.30. The van der Waals surface area contributed by atoms with E-state index in [1.807, 2.05) is 48.5 Å². The third kappa shape index (κ3) is 5.07. The molecule has 3 rings (SSSR count). The number of anilines is 3. The van der Waals surface area contributed by atoms with Gasteiger partial charge in [0.1, 0.15) is 11.6 Å². The molecule has 0 unspecified atom stereocenters. The highest BCUT2D eigenvalue weighted by Gasteiger charge is 2.08. The first-order valence-corrected chi connectivity index (χ1v) is 9.33. The van der Waals surface area contributed by atoms with E-state index in [1.165, 1.54) is 7.11 Å². The van der Waals surface area contributed by atoms with Crippen LogP contribution in [-0.2, 0) is 4.74 Å². The molecular weight excluding hydrogens is 352 g/mol. The minimum Gasteiger partial charge on any atom is -0.465 e. The van der Waals surface area contributed by atoms with Crippen molar-refractivity contribution in [3.05, 3.63) is 66.2 Å². The zero-order valence-electron chi connectivity index (χ0n) is 16.1. The fourth-order valence-corrected chi connectivity index (χ4v) is 2.67. The summed E-state index contributed by atoms with van der Waals surface area (Å²) in [6.45, 7) is 3.01. The van der Waals surface area contributed by atoms with E-state index >= 15 is 0 Å². The highest BCUT2D eigenvalue weighted by atomic mass is 16.5. The fraction of sp³-hybridized carbons (Fsp3) is 0.227. The van der Waals surface area contributed by atoms with E-state index < -0.39 is 0 Å². The normalized spacial score (nSPS) is 10.4. The maximum absolute atomic E-state index is 11.6. The Kier molecular flexibility index (Phi) is 6.57. The predicted octanol–water partition coefficient (Wildman–Crippen LogP) is 4.89. The number of ether oxygens (including phenoxy) is 1. The molecule has 1 heterocycles. The smallest absolute Gasteiger partial charge is 0.337 e. The van der Waals surface area contributed by atoms with E-state index in [-0.39, 0.29) is 5.97 Å². The van der Waals surface area contributed by atoms with Gasteiger partial charge >= 0.3 is 5.97 Å². The van der Waals surface area contributed by atoms with Gasteiger partial charge in [-0.1, -0.05) is 43.7 Å². The summed E-state index contributed by atoms with van der Waals surface area (Å²) >= 11 is 0. The van der Waals surface area contributed by atoms with Crippen molar-refractivity contribution in [2.45, 2.75) is 19.8 Å². The van der Waals surface area contributed by atoms with Crippen LogP contribution in [0.25, 0.3) is 11.4 Å². The summed E-state index contributed by atoms with van der Waals surface area (Å²) in [4.78, 5) is 20.9. The van der Waals surface area contributed by atoms with E-state index in [2.05, 4.69) is 27.5 Å². The van der Waals surface area contributed by atoms with Crippen LogP contribution in [-0.4, -0.2) is 29.6 Å². The minimum absolute atomic E-state index is 0.359. The summed E-state index contributed by atoms with van der Waals surface area (Å²) in [6, 6.07) is 18.8. The zero-order chi connectivity index (χ0) is 19.8. The fourth-order valence-electron chi connectivity index (χ4n) is 2.67. The van der Waals surface area contributed by atoms with Gasteiger partial charge in [0.25, 0.3) is 0 Å².